The van der Waals surface area contributed by atoms with E-state index in [1.54, 1.807) is 11.3 Å². The van der Waals surface area contributed by atoms with Gasteiger partial charge in [-0.3, -0.25) is 0 Å². The summed E-state index contributed by atoms with van der Waals surface area (Å²) >= 11 is 1.63. The van der Waals surface area contributed by atoms with Gasteiger partial charge in [-0.15, -0.1) is 11.3 Å². The second-order valence-corrected chi connectivity index (χ2v) is 5.91. The molecule has 1 atom stereocenters. The first-order chi connectivity index (χ1) is 7.45. The van der Waals surface area contributed by atoms with Crippen LogP contribution in [0.15, 0.2) is 5.38 Å². The molecule has 0 aromatic carbocycles. The number of thiazole rings is 1. The van der Waals surface area contributed by atoms with Crippen LogP contribution in [0, 0.1) is 0 Å². The van der Waals surface area contributed by atoms with Crippen molar-refractivity contribution in [2.45, 2.75) is 45.6 Å². The van der Waals surface area contributed by atoms with E-state index < -0.39 is 6.10 Å². The maximum Gasteiger partial charge on any atom is 0.109 e. The molecule has 1 aromatic rings. The van der Waals surface area contributed by atoms with E-state index in [2.05, 4.69) is 38.0 Å². The van der Waals surface area contributed by atoms with Gasteiger partial charge >= 0.3 is 0 Å². The summed E-state index contributed by atoms with van der Waals surface area (Å²) in [5.74, 6) is 0. The highest BCUT2D eigenvalue weighted by molar-refractivity contribution is 7.09. The zero-order valence-electron chi connectivity index (χ0n) is 10.6. The van der Waals surface area contributed by atoms with Gasteiger partial charge in [0.1, 0.15) is 6.10 Å². The Morgan fingerprint density at radius 3 is 2.69 bits per heavy atom. The molecule has 0 amide bonds. The predicted octanol–water partition coefficient (Wildman–Crippen LogP) is 2.47. The molecule has 2 N–H and O–H groups in total. The van der Waals surface area contributed by atoms with Crippen LogP contribution in [-0.2, 0) is 5.41 Å². The zero-order chi connectivity index (χ0) is 12.2. The molecule has 0 bridgehead atoms. The van der Waals surface area contributed by atoms with Crippen molar-refractivity contribution in [3.8, 4) is 0 Å². The van der Waals surface area contributed by atoms with Crippen molar-refractivity contribution in [3.05, 3.63) is 16.1 Å². The molecule has 0 saturated heterocycles. The summed E-state index contributed by atoms with van der Waals surface area (Å²) < 4.78 is 0. The molecule has 0 aliphatic rings. The summed E-state index contributed by atoms with van der Waals surface area (Å²) in [5.41, 5.74) is 0.859. The molecule has 0 aliphatic heterocycles. The SMILES string of the molecule is CCCNCC(O)c1csc(C(C)(C)C)n1. The van der Waals surface area contributed by atoms with E-state index >= 15 is 0 Å². The molecule has 0 spiro atoms. The second-order valence-electron chi connectivity index (χ2n) is 5.05. The van der Waals surface area contributed by atoms with Gasteiger partial charge in [0.25, 0.3) is 0 Å². The number of hydrogen-bond acceptors (Lipinski definition) is 4. The number of aromatic nitrogens is 1. The third-order valence-electron chi connectivity index (χ3n) is 2.27. The molecule has 0 saturated carbocycles. The van der Waals surface area contributed by atoms with Gasteiger partial charge in [0.05, 0.1) is 10.7 Å². The minimum atomic E-state index is -0.487. The van der Waals surface area contributed by atoms with Crippen LogP contribution in [0.1, 0.15) is 50.9 Å². The summed E-state index contributed by atoms with van der Waals surface area (Å²) in [4.78, 5) is 4.49. The minimum absolute atomic E-state index is 0.0689. The van der Waals surface area contributed by atoms with Crippen molar-refractivity contribution in [3.63, 3.8) is 0 Å². The number of nitrogens with zero attached hydrogens (tertiary/aromatic N) is 1. The Kier molecular flexibility index (Phi) is 4.89. The highest BCUT2D eigenvalue weighted by atomic mass is 32.1. The van der Waals surface area contributed by atoms with Gasteiger partial charge in [0.15, 0.2) is 0 Å². The van der Waals surface area contributed by atoms with Gasteiger partial charge in [-0.1, -0.05) is 27.7 Å². The average molecular weight is 242 g/mol. The topological polar surface area (TPSA) is 45.1 Å². The molecule has 0 aliphatic carbocycles. The second kappa shape index (κ2) is 5.75. The number of nitrogens with one attached hydrogen (secondary N) is 1. The number of aliphatic hydroxyl groups is 1. The van der Waals surface area contributed by atoms with E-state index in [0.717, 1.165) is 23.7 Å². The minimum Gasteiger partial charge on any atom is -0.385 e. The van der Waals surface area contributed by atoms with Gasteiger partial charge in [-0.05, 0) is 13.0 Å². The van der Waals surface area contributed by atoms with E-state index in [1.165, 1.54) is 0 Å². The summed E-state index contributed by atoms with van der Waals surface area (Å²) in [6.45, 7) is 10.0. The molecule has 0 fully saturated rings. The van der Waals surface area contributed by atoms with Gasteiger partial charge in [-0.25, -0.2) is 4.98 Å². The molecular formula is C12H22N2OS. The largest absolute Gasteiger partial charge is 0.385 e. The lowest BCUT2D eigenvalue weighted by molar-refractivity contribution is 0.170. The molecule has 1 aromatic heterocycles. The highest BCUT2D eigenvalue weighted by Gasteiger charge is 2.20. The zero-order valence-corrected chi connectivity index (χ0v) is 11.4. The van der Waals surface area contributed by atoms with Crippen LogP contribution in [0.2, 0.25) is 0 Å². The first-order valence-electron chi connectivity index (χ1n) is 5.80. The molecule has 1 heterocycles. The standard InChI is InChI=1S/C12H22N2OS/c1-5-6-13-7-10(15)9-8-16-11(14-9)12(2,3)4/h8,10,13,15H,5-7H2,1-4H3. The van der Waals surface area contributed by atoms with Gasteiger partial charge in [0, 0.05) is 17.3 Å². The molecular weight excluding hydrogens is 220 g/mol. The third-order valence-corrected chi connectivity index (χ3v) is 3.56. The summed E-state index contributed by atoms with van der Waals surface area (Å²) in [7, 11) is 0. The van der Waals surface area contributed by atoms with Gasteiger partial charge in [-0.2, -0.15) is 0 Å². The molecule has 92 valence electrons. The van der Waals surface area contributed by atoms with E-state index in [0.29, 0.717) is 6.54 Å². The number of aliphatic hydroxyl groups excluding tert-OH is 1. The number of rotatable bonds is 5. The maximum absolute atomic E-state index is 9.91. The first kappa shape index (κ1) is 13.6. The Hall–Kier alpha value is -0.450. The van der Waals surface area contributed by atoms with Gasteiger partial charge < -0.3 is 10.4 Å². The monoisotopic (exact) mass is 242 g/mol. The van der Waals surface area contributed by atoms with Crippen LogP contribution >= 0.6 is 11.3 Å². The highest BCUT2D eigenvalue weighted by Crippen LogP contribution is 2.27. The Morgan fingerprint density at radius 2 is 2.19 bits per heavy atom. The van der Waals surface area contributed by atoms with Crippen LogP contribution in [0.4, 0.5) is 0 Å². The van der Waals surface area contributed by atoms with E-state index in [1.807, 2.05) is 5.38 Å². The van der Waals surface area contributed by atoms with Crippen LogP contribution in [0.5, 0.6) is 0 Å². The van der Waals surface area contributed by atoms with Crippen LogP contribution in [0.25, 0.3) is 0 Å². The predicted molar refractivity (Wildman–Crippen MR) is 68.9 cm³/mol. The Morgan fingerprint density at radius 1 is 1.50 bits per heavy atom. The maximum atomic E-state index is 9.91. The Balaban J connectivity index is 2.56. The van der Waals surface area contributed by atoms with Crippen molar-refractivity contribution in [2.75, 3.05) is 13.1 Å². The average Bonchev–Trinajstić information content (AvgIpc) is 2.66. The molecule has 1 rings (SSSR count). The fourth-order valence-electron chi connectivity index (χ4n) is 1.30. The smallest absolute Gasteiger partial charge is 0.109 e. The van der Waals surface area contributed by atoms with Crippen molar-refractivity contribution < 1.29 is 5.11 Å². The van der Waals surface area contributed by atoms with Crippen molar-refractivity contribution >= 4 is 11.3 Å². The summed E-state index contributed by atoms with van der Waals surface area (Å²) in [6, 6.07) is 0. The fourth-order valence-corrected chi connectivity index (χ4v) is 2.26. The molecule has 4 heteroatoms. The summed E-state index contributed by atoms with van der Waals surface area (Å²) in [5, 5.41) is 16.1. The van der Waals surface area contributed by atoms with Crippen LogP contribution in [-0.4, -0.2) is 23.2 Å². The molecule has 1 unspecified atom stereocenters. The molecule has 3 nitrogen and oxygen atoms in total. The summed E-state index contributed by atoms with van der Waals surface area (Å²) in [6.07, 6.45) is 0.593. The van der Waals surface area contributed by atoms with E-state index in [9.17, 15) is 5.11 Å². The lowest BCUT2D eigenvalue weighted by Gasteiger charge is -2.14. The van der Waals surface area contributed by atoms with Crippen molar-refractivity contribution in [1.82, 2.24) is 10.3 Å². The van der Waals surface area contributed by atoms with Crippen molar-refractivity contribution in [2.24, 2.45) is 0 Å². The third kappa shape index (κ3) is 3.85. The lowest BCUT2D eigenvalue weighted by Crippen LogP contribution is -2.22. The van der Waals surface area contributed by atoms with E-state index in [4.69, 9.17) is 0 Å². The van der Waals surface area contributed by atoms with Gasteiger partial charge in [0.2, 0.25) is 0 Å². The normalized spacial score (nSPS) is 14.1. The fraction of sp³-hybridized carbons (Fsp3) is 0.750. The van der Waals surface area contributed by atoms with Crippen molar-refractivity contribution in [1.29, 1.82) is 0 Å². The first-order valence-corrected chi connectivity index (χ1v) is 6.67. The Labute approximate surface area is 102 Å². The van der Waals surface area contributed by atoms with Crippen LogP contribution in [0.3, 0.4) is 0 Å². The van der Waals surface area contributed by atoms with Crippen LogP contribution < -0.4 is 5.32 Å². The molecule has 0 radical (unpaired) electrons. The number of hydrogen-bond donors (Lipinski definition) is 2. The molecule has 16 heavy (non-hydrogen) atoms. The van der Waals surface area contributed by atoms with E-state index in [-0.39, 0.29) is 5.41 Å². The Bertz CT molecular complexity index is 317. The quantitative estimate of drug-likeness (QED) is 0.780. The lowest BCUT2D eigenvalue weighted by atomic mass is 9.98.